The smallest absolute Gasteiger partial charge is 0.292 e. The van der Waals surface area contributed by atoms with Crippen LogP contribution in [0.5, 0.6) is 0 Å². The Morgan fingerprint density at radius 3 is 2.78 bits per heavy atom. The summed E-state index contributed by atoms with van der Waals surface area (Å²) >= 11 is 1.60. The Morgan fingerprint density at radius 1 is 1.39 bits per heavy atom. The second-order valence-electron chi connectivity index (χ2n) is 3.78. The van der Waals surface area contributed by atoms with Crippen LogP contribution >= 0.6 is 11.3 Å². The van der Waals surface area contributed by atoms with Gasteiger partial charge in [0.15, 0.2) is 0 Å². The summed E-state index contributed by atoms with van der Waals surface area (Å²) in [6, 6.07) is 7.30. The van der Waals surface area contributed by atoms with Crippen LogP contribution in [0.15, 0.2) is 30.3 Å². The van der Waals surface area contributed by atoms with Crippen molar-refractivity contribution >= 4 is 22.7 Å². The highest BCUT2D eigenvalue weighted by Gasteiger charge is 2.14. The van der Waals surface area contributed by atoms with Crippen LogP contribution in [-0.4, -0.2) is 4.92 Å². The minimum absolute atomic E-state index is 0.121. The van der Waals surface area contributed by atoms with Crippen molar-refractivity contribution in [2.24, 2.45) is 0 Å². The van der Waals surface area contributed by atoms with Crippen LogP contribution in [-0.2, 0) is 6.54 Å². The molecule has 0 atom stereocenters. The van der Waals surface area contributed by atoms with E-state index in [0.717, 1.165) is 23.1 Å². The van der Waals surface area contributed by atoms with Crippen molar-refractivity contribution in [1.82, 2.24) is 0 Å². The average molecular weight is 266 g/mol. The topological polar surface area (TPSA) is 55.2 Å². The molecule has 0 aliphatic heterocycles. The van der Waals surface area contributed by atoms with Crippen molar-refractivity contribution in [1.29, 1.82) is 0 Å². The first-order chi connectivity index (χ1) is 8.56. The largest absolute Gasteiger partial charge is 0.375 e. The molecule has 6 heteroatoms. The van der Waals surface area contributed by atoms with Crippen LogP contribution in [0.3, 0.4) is 0 Å². The van der Waals surface area contributed by atoms with E-state index in [4.69, 9.17) is 0 Å². The van der Waals surface area contributed by atoms with Gasteiger partial charge in [-0.3, -0.25) is 10.1 Å². The summed E-state index contributed by atoms with van der Waals surface area (Å²) in [5.74, 6) is -0.495. The van der Waals surface area contributed by atoms with Gasteiger partial charge in [-0.1, -0.05) is 0 Å². The van der Waals surface area contributed by atoms with Gasteiger partial charge in [-0.05, 0) is 25.1 Å². The molecule has 2 aromatic rings. The normalized spacial score (nSPS) is 10.3. The van der Waals surface area contributed by atoms with Gasteiger partial charge in [0.25, 0.3) is 5.69 Å². The molecule has 1 aromatic heterocycles. The van der Waals surface area contributed by atoms with E-state index in [2.05, 4.69) is 5.32 Å². The molecule has 0 unspecified atom stereocenters. The number of halogens is 1. The van der Waals surface area contributed by atoms with Gasteiger partial charge >= 0.3 is 0 Å². The summed E-state index contributed by atoms with van der Waals surface area (Å²) in [4.78, 5) is 12.5. The van der Waals surface area contributed by atoms with Gasteiger partial charge in [-0.2, -0.15) is 0 Å². The van der Waals surface area contributed by atoms with Gasteiger partial charge in [0.2, 0.25) is 0 Å². The Morgan fingerprint density at radius 2 is 2.17 bits per heavy atom. The van der Waals surface area contributed by atoms with Gasteiger partial charge in [-0.15, -0.1) is 11.3 Å². The third-order valence-corrected chi connectivity index (χ3v) is 3.41. The van der Waals surface area contributed by atoms with Gasteiger partial charge in [0, 0.05) is 28.4 Å². The zero-order valence-electron chi connectivity index (χ0n) is 9.64. The van der Waals surface area contributed by atoms with E-state index in [1.807, 2.05) is 19.1 Å². The molecule has 4 nitrogen and oxygen atoms in total. The molecule has 94 valence electrons. The SMILES string of the molecule is Cc1ccc(CNc2cc(F)ccc2[N+](=O)[O-])s1. The van der Waals surface area contributed by atoms with Crippen LogP contribution in [0, 0.1) is 22.9 Å². The Balaban J connectivity index is 2.17. The van der Waals surface area contributed by atoms with Crippen molar-refractivity contribution in [3.8, 4) is 0 Å². The second kappa shape index (κ2) is 5.14. The summed E-state index contributed by atoms with van der Waals surface area (Å²) in [6.45, 7) is 2.43. The zero-order valence-corrected chi connectivity index (χ0v) is 10.5. The predicted molar refractivity (Wildman–Crippen MR) is 69.4 cm³/mol. The zero-order chi connectivity index (χ0) is 13.1. The molecule has 0 bridgehead atoms. The number of hydrogen-bond acceptors (Lipinski definition) is 4. The van der Waals surface area contributed by atoms with Crippen molar-refractivity contribution in [2.45, 2.75) is 13.5 Å². The highest BCUT2D eigenvalue weighted by Crippen LogP contribution is 2.26. The average Bonchev–Trinajstić information content (AvgIpc) is 2.72. The molecule has 2 rings (SSSR count). The van der Waals surface area contributed by atoms with Gasteiger partial charge in [0.05, 0.1) is 4.92 Å². The second-order valence-corrected chi connectivity index (χ2v) is 5.16. The van der Waals surface area contributed by atoms with E-state index in [1.54, 1.807) is 11.3 Å². The van der Waals surface area contributed by atoms with Crippen molar-refractivity contribution < 1.29 is 9.31 Å². The summed E-state index contributed by atoms with van der Waals surface area (Å²) in [5.41, 5.74) is 0.0794. The molecule has 0 saturated heterocycles. The lowest BCUT2D eigenvalue weighted by molar-refractivity contribution is -0.384. The number of nitro benzene ring substituents is 1. The number of nitrogens with zero attached hydrogens (tertiary/aromatic N) is 1. The summed E-state index contributed by atoms with van der Waals surface area (Å²) < 4.78 is 13.1. The Bertz CT molecular complexity index is 583. The fourth-order valence-corrected chi connectivity index (χ4v) is 2.40. The van der Waals surface area contributed by atoms with Gasteiger partial charge in [-0.25, -0.2) is 4.39 Å². The first kappa shape index (κ1) is 12.5. The quantitative estimate of drug-likeness (QED) is 0.678. The van der Waals surface area contributed by atoms with Crippen molar-refractivity contribution in [3.05, 3.63) is 56.0 Å². The fourth-order valence-electron chi connectivity index (χ4n) is 1.57. The van der Waals surface area contributed by atoms with E-state index in [1.165, 1.54) is 4.88 Å². The lowest BCUT2D eigenvalue weighted by Crippen LogP contribution is -2.01. The standard InChI is InChI=1S/C12H11FN2O2S/c1-8-2-4-10(18-8)7-14-11-6-9(13)3-5-12(11)15(16)17/h2-6,14H,7H2,1H3. The molecule has 0 amide bonds. The number of nitrogens with one attached hydrogen (secondary N) is 1. The summed E-state index contributed by atoms with van der Waals surface area (Å²) in [7, 11) is 0. The number of anilines is 1. The summed E-state index contributed by atoms with van der Waals surface area (Å²) in [5, 5.41) is 13.7. The molecular weight excluding hydrogens is 255 g/mol. The lowest BCUT2D eigenvalue weighted by atomic mass is 10.2. The third kappa shape index (κ3) is 2.84. The molecule has 18 heavy (non-hydrogen) atoms. The monoisotopic (exact) mass is 266 g/mol. The Hall–Kier alpha value is -1.95. The maximum absolute atomic E-state index is 13.1. The molecule has 0 fully saturated rings. The summed E-state index contributed by atoms with van der Waals surface area (Å²) in [6.07, 6.45) is 0. The minimum atomic E-state index is -0.526. The number of hydrogen-bond donors (Lipinski definition) is 1. The van der Waals surface area contributed by atoms with Crippen LogP contribution < -0.4 is 5.32 Å². The first-order valence-corrected chi connectivity index (χ1v) is 6.11. The van der Waals surface area contributed by atoms with Crippen LogP contribution in [0.1, 0.15) is 9.75 Å². The van der Waals surface area contributed by atoms with Crippen LogP contribution in [0.4, 0.5) is 15.8 Å². The van der Waals surface area contributed by atoms with Crippen molar-refractivity contribution in [2.75, 3.05) is 5.32 Å². The van der Waals surface area contributed by atoms with Crippen molar-refractivity contribution in [3.63, 3.8) is 0 Å². The van der Waals surface area contributed by atoms with E-state index < -0.39 is 10.7 Å². The highest BCUT2D eigenvalue weighted by molar-refractivity contribution is 7.11. The van der Waals surface area contributed by atoms with Gasteiger partial charge < -0.3 is 5.32 Å². The maximum atomic E-state index is 13.1. The maximum Gasteiger partial charge on any atom is 0.292 e. The van der Waals surface area contributed by atoms with E-state index in [9.17, 15) is 14.5 Å². The Kier molecular flexibility index (Phi) is 3.57. The molecular formula is C12H11FN2O2S. The number of rotatable bonds is 4. The number of nitro groups is 1. The third-order valence-electron chi connectivity index (χ3n) is 2.40. The number of aryl methyl sites for hydroxylation is 1. The molecule has 0 radical (unpaired) electrons. The molecule has 0 aliphatic carbocycles. The predicted octanol–water partition coefficient (Wildman–Crippen LogP) is 3.72. The molecule has 1 N–H and O–H groups in total. The Labute approximate surface area is 107 Å². The molecule has 0 saturated carbocycles. The van der Waals surface area contributed by atoms with Crippen LogP contribution in [0.25, 0.3) is 0 Å². The van der Waals surface area contributed by atoms with Crippen LogP contribution in [0.2, 0.25) is 0 Å². The number of benzene rings is 1. The number of thiophene rings is 1. The minimum Gasteiger partial charge on any atom is -0.375 e. The molecule has 1 aromatic carbocycles. The molecule has 0 spiro atoms. The van der Waals surface area contributed by atoms with E-state index >= 15 is 0 Å². The van der Waals surface area contributed by atoms with Gasteiger partial charge in [0.1, 0.15) is 11.5 Å². The fraction of sp³-hybridized carbons (Fsp3) is 0.167. The molecule has 1 heterocycles. The highest BCUT2D eigenvalue weighted by atomic mass is 32.1. The van der Waals surface area contributed by atoms with E-state index in [0.29, 0.717) is 6.54 Å². The lowest BCUT2D eigenvalue weighted by Gasteiger charge is -2.05. The van der Waals surface area contributed by atoms with E-state index in [-0.39, 0.29) is 11.4 Å². The first-order valence-electron chi connectivity index (χ1n) is 5.29. The molecule has 0 aliphatic rings.